The smallest absolute Gasteiger partial charge is 0.244 e. The number of ether oxygens (including phenoxy) is 1. The molecular weight excluding hydrogens is 561 g/mol. The Morgan fingerprint density at radius 3 is 2.18 bits per heavy atom. The monoisotopic (exact) mass is 591 g/mol. The second-order valence-corrected chi connectivity index (χ2v) is 11.5. The van der Waals surface area contributed by atoms with Gasteiger partial charge < -0.3 is 15.0 Å². The maximum absolute atomic E-state index is 13.9. The van der Waals surface area contributed by atoms with Gasteiger partial charge in [0, 0.05) is 20.0 Å². The molecule has 0 radical (unpaired) electrons. The molecule has 0 aliphatic carbocycles. The van der Waals surface area contributed by atoms with E-state index in [1.807, 2.05) is 37.3 Å². The highest BCUT2D eigenvalue weighted by Gasteiger charge is 2.32. The summed E-state index contributed by atoms with van der Waals surface area (Å²) in [5.41, 5.74) is 1.76. The molecule has 1 N–H and O–H groups in total. The van der Waals surface area contributed by atoms with Gasteiger partial charge in [-0.05, 0) is 54.4 Å². The summed E-state index contributed by atoms with van der Waals surface area (Å²) >= 11 is 12.3. The highest BCUT2D eigenvalue weighted by atomic mass is 35.5. The Labute approximate surface area is 239 Å². The molecule has 0 saturated carbocycles. The van der Waals surface area contributed by atoms with Crippen molar-refractivity contribution in [1.82, 2.24) is 10.2 Å². The molecule has 3 rings (SSSR count). The lowest BCUT2D eigenvalue weighted by molar-refractivity contribution is -0.139. The molecule has 0 aliphatic heterocycles. The van der Waals surface area contributed by atoms with Crippen molar-refractivity contribution in [3.63, 3.8) is 0 Å². The Kier molecular flexibility index (Phi) is 10.6. The van der Waals surface area contributed by atoms with Crippen molar-refractivity contribution in [2.24, 2.45) is 0 Å². The van der Waals surface area contributed by atoms with E-state index in [1.54, 1.807) is 42.5 Å². The summed E-state index contributed by atoms with van der Waals surface area (Å²) in [7, 11) is -2.37. The number of hydrogen-bond acceptors (Lipinski definition) is 5. The lowest BCUT2D eigenvalue weighted by atomic mass is 10.0. The molecule has 0 aliphatic rings. The fraction of sp³-hybridized carbons (Fsp3) is 0.286. The summed E-state index contributed by atoms with van der Waals surface area (Å²) in [5.74, 6) is -0.381. The summed E-state index contributed by atoms with van der Waals surface area (Å²) in [6.45, 7) is 1.79. The first-order chi connectivity index (χ1) is 18.5. The minimum absolute atomic E-state index is 0.00151. The van der Waals surface area contributed by atoms with Crippen LogP contribution < -0.4 is 14.4 Å². The zero-order valence-electron chi connectivity index (χ0n) is 21.9. The summed E-state index contributed by atoms with van der Waals surface area (Å²) in [5, 5.41) is 3.29. The molecule has 2 amide bonds. The van der Waals surface area contributed by atoms with Crippen molar-refractivity contribution in [1.29, 1.82) is 0 Å². The first kappa shape index (κ1) is 30.3. The molecule has 0 unspecified atom stereocenters. The van der Waals surface area contributed by atoms with E-state index < -0.39 is 28.5 Å². The normalized spacial score (nSPS) is 11.9. The van der Waals surface area contributed by atoms with Gasteiger partial charge in [-0.1, -0.05) is 59.6 Å². The van der Waals surface area contributed by atoms with Crippen molar-refractivity contribution in [3.8, 4) is 5.75 Å². The topological polar surface area (TPSA) is 96.0 Å². The molecule has 11 heteroatoms. The quantitative estimate of drug-likeness (QED) is 0.333. The number of sulfonamides is 1. The molecule has 1 atom stereocenters. The van der Waals surface area contributed by atoms with Gasteiger partial charge in [-0.2, -0.15) is 0 Å². The van der Waals surface area contributed by atoms with Crippen molar-refractivity contribution >= 4 is 50.7 Å². The van der Waals surface area contributed by atoms with Crippen molar-refractivity contribution in [2.45, 2.75) is 25.9 Å². The van der Waals surface area contributed by atoms with Gasteiger partial charge in [0.25, 0.3) is 0 Å². The molecule has 0 heterocycles. The number of nitrogens with one attached hydrogen (secondary N) is 1. The molecule has 0 saturated heterocycles. The van der Waals surface area contributed by atoms with Crippen LogP contribution in [0.3, 0.4) is 0 Å². The minimum Gasteiger partial charge on any atom is -0.494 e. The number of likely N-dealkylation sites (N-methyl/N-ethyl adjacent to an activating group) is 1. The molecule has 208 valence electrons. The molecule has 3 aromatic rings. The van der Waals surface area contributed by atoms with Crippen LogP contribution >= 0.6 is 23.2 Å². The summed E-state index contributed by atoms with van der Waals surface area (Å²) in [4.78, 5) is 28.4. The van der Waals surface area contributed by atoms with Crippen LogP contribution in [0.2, 0.25) is 10.0 Å². The number of halogens is 2. The Morgan fingerprint density at radius 1 is 0.949 bits per heavy atom. The van der Waals surface area contributed by atoms with Crippen LogP contribution in [0.15, 0.2) is 72.8 Å². The average molecular weight is 593 g/mol. The predicted molar refractivity (Wildman–Crippen MR) is 155 cm³/mol. The van der Waals surface area contributed by atoms with Crippen molar-refractivity contribution in [3.05, 3.63) is 94.0 Å². The largest absolute Gasteiger partial charge is 0.494 e. The highest BCUT2D eigenvalue weighted by molar-refractivity contribution is 7.92. The number of nitrogens with zero attached hydrogens (tertiary/aromatic N) is 2. The Balaban J connectivity index is 2.01. The van der Waals surface area contributed by atoms with Gasteiger partial charge in [0.1, 0.15) is 18.3 Å². The third kappa shape index (κ3) is 8.36. The maximum atomic E-state index is 13.9. The van der Waals surface area contributed by atoms with Gasteiger partial charge in [-0.15, -0.1) is 0 Å². The lowest BCUT2D eigenvalue weighted by Crippen LogP contribution is -2.52. The summed E-state index contributed by atoms with van der Waals surface area (Å²) in [6, 6.07) is 19.7. The average Bonchev–Trinajstić information content (AvgIpc) is 2.91. The molecule has 39 heavy (non-hydrogen) atoms. The fourth-order valence-electron chi connectivity index (χ4n) is 4.04. The number of amides is 2. The summed E-state index contributed by atoms with van der Waals surface area (Å²) < 4.78 is 32.1. The van der Waals surface area contributed by atoms with Gasteiger partial charge in [-0.3, -0.25) is 13.9 Å². The van der Waals surface area contributed by atoms with E-state index in [9.17, 15) is 18.0 Å². The third-order valence-corrected chi connectivity index (χ3v) is 7.85. The van der Waals surface area contributed by atoms with Crippen LogP contribution in [-0.2, 0) is 32.6 Å². The van der Waals surface area contributed by atoms with Crippen LogP contribution in [0.25, 0.3) is 0 Å². The molecule has 8 nitrogen and oxygen atoms in total. The van der Waals surface area contributed by atoms with Crippen LogP contribution in [0.4, 0.5) is 5.69 Å². The first-order valence-electron chi connectivity index (χ1n) is 12.2. The van der Waals surface area contributed by atoms with E-state index in [0.717, 1.165) is 16.1 Å². The minimum atomic E-state index is -3.86. The SMILES string of the molecule is CCOc1ccc(N(CC(=O)N(Cc2ccc(Cl)c(Cl)c2)[C@H](Cc2ccccc2)C(=O)NC)S(C)(=O)=O)cc1. The maximum Gasteiger partial charge on any atom is 0.244 e. The second-order valence-electron chi connectivity index (χ2n) is 8.79. The van der Waals surface area contributed by atoms with Crippen molar-refractivity contribution < 1.29 is 22.7 Å². The van der Waals surface area contributed by atoms with Gasteiger partial charge >= 0.3 is 0 Å². The molecule has 0 bridgehead atoms. The number of carbonyl (C=O) groups is 2. The van der Waals surface area contributed by atoms with Crippen LogP contribution in [0.1, 0.15) is 18.1 Å². The number of carbonyl (C=O) groups excluding carboxylic acids is 2. The van der Waals surface area contributed by atoms with E-state index in [0.29, 0.717) is 33.7 Å². The number of anilines is 1. The van der Waals surface area contributed by atoms with Crippen molar-refractivity contribution in [2.75, 3.05) is 30.8 Å². The predicted octanol–water partition coefficient (Wildman–Crippen LogP) is 4.54. The zero-order valence-corrected chi connectivity index (χ0v) is 24.3. The molecule has 0 aromatic heterocycles. The van der Waals surface area contributed by atoms with Crippen LogP contribution in [-0.4, -0.2) is 57.6 Å². The number of benzene rings is 3. The Hall–Kier alpha value is -3.27. The number of hydrogen-bond donors (Lipinski definition) is 1. The standard InChI is InChI=1S/C28H31Cl2N3O5S/c1-4-38-23-13-11-22(12-14-23)33(39(3,36)37)19-27(34)32(18-21-10-15-24(29)25(30)16-21)26(28(35)31-2)17-20-8-6-5-7-9-20/h5-16,26H,4,17-19H2,1-3H3,(H,31,35)/t26-/m1/s1. The highest BCUT2D eigenvalue weighted by Crippen LogP contribution is 2.26. The molecule has 0 fully saturated rings. The van der Waals surface area contributed by atoms with Crippen LogP contribution in [0, 0.1) is 0 Å². The molecule has 3 aromatic carbocycles. The van der Waals surface area contributed by atoms with E-state index in [1.165, 1.54) is 11.9 Å². The van der Waals surface area contributed by atoms with E-state index in [4.69, 9.17) is 27.9 Å². The first-order valence-corrected chi connectivity index (χ1v) is 14.8. The third-order valence-electron chi connectivity index (χ3n) is 5.97. The summed E-state index contributed by atoms with van der Waals surface area (Å²) in [6.07, 6.45) is 1.25. The Morgan fingerprint density at radius 2 is 1.62 bits per heavy atom. The van der Waals surface area contributed by atoms with E-state index >= 15 is 0 Å². The number of rotatable bonds is 12. The van der Waals surface area contributed by atoms with E-state index in [2.05, 4.69) is 5.32 Å². The van der Waals surface area contributed by atoms with Gasteiger partial charge in [-0.25, -0.2) is 8.42 Å². The van der Waals surface area contributed by atoms with Gasteiger partial charge in [0.15, 0.2) is 0 Å². The zero-order chi connectivity index (χ0) is 28.6. The van der Waals surface area contributed by atoms with Gasteiger partial charge in [0.05, 0.1) is 28.6 Å². The molecular formula is C28H31Cl2N3O5S. The fourth-order valence-corrected chi connectivity index (χ4v) is 5.21. The van der Waals surface area contributed by atoms with E-state index in [-0.39, 0.29) is 18.9 Å². The second kappa shape index (κ2) is 13.7. The Bertz CT molecular complexity index is 1390. The lowest BCUT2D eigenvalue weighted by Gasteiger charge is -2.33. The molecule has 0 spiro atoms. The van der Waals surface area contributed by atoms with Gasteiger partial charge in [0.2, 0.25) is 21.8 Å². The van der Waals surface area contributed by atoms with Crippen LogP contribution in [0.5, 0.6) is 5.75 Å².